The second kappa shape index (κ2) is 3.50. The Kier molecular flexibility index (Phi) is 2.61. The first kappa shape index (κ1) is 8.94. The highest BCUT2D eigenvalue weighted by atomic mass is 16.3. The molecule has 0 aliphatic heterocycles. The molecule has 0 aliphatic rings. The van der Waals surface area contributed by atoms with Crippen molar-refractivity contribution in [2.45, 2.75) is 20.0 Å². The van der Waals surface area contributed by atoms with Crippen LogP contribution in [-0.4, -0.2) is 10.1 Å². The van der Waals surface area contributed by atoms with Crippen LogP contribution in [0.15, 0.2) is 24.9 Å². The molecule has 1 atom stereocenters. The topological polar surface area (TPSA) is 33.1 Å². The molecule has 0 saturated carbocycles. The summed E-state index contributed by atoms with van der Waals surface area (Å²) in [6.07, 6.45) is 2.57. The number of aromatic nitrogens is 1. The lowest BCUT2D eigenvalue weighted by atomic mass is 10.1. The Balaban J connectivity index is 3.09. The Morgan fingerprint density at radius 2 is 2.25 bits per heavy atom. The number of rotatable bonds is 2. The molecule has 0 radical (unpaired) electrons. The third-order valence-electron chi connectivity index (χ3n) is 1.76. The average molecular weight is 163 g/mol. The van der Waals surface area contributed by atoms with E-state index < -0.39 is 6.10 Å². The quantitative estimate of drug-likeness (QED) is 0.676. The van der Waals surface area contributed by atoms with Crippen molar-refractivity contribution < 1.29 is 5.11 Å². The van der Waals surface area contributed by atoms with Gasteiger partial charge in [-0.2, -0.15) is 0 Å². The molecule has 1 unspecified atom stereocenters. The van der Waals surface area contributed by atoms with Crippen LogP contribution >= 0.6 is 0 Å². The number of aliphatic hydroxyl groups excluding tert-OH is 1. The normalized spacial score (nSPS) is 12.6. The molecule has 2 heteroatoms. The van der Waals surface area contributed by atoms with Gasteiger partial charge in [-0.25, -0.2) is 0 Å². The van der Waals surface area contributed by atoms with Gasteiger partial charge in [0, 0.05) is 6.20 Å². The Morgan fingerprint density at radius 3 is 2.75 bits per heavy atom. The fourth-order valence-corrected chi connectivity index (χ4v) is 1.15. The highest BCUT2D eigenvalue weighted by Gasteiger charge is 2.06. The third kappa shape index (κ3) is 1.71. The molecule has 1 aromatic rings. The van der Waals surface area contributed by atoms with Gasteiger partial charge in [0.2, 0.25) is 0 Å². The number of hydrogen-bond acceptors (Lipinski definition) is 2. The SMILES string of the molecule is C=CC(O)c1ncc(C)cc1C. The summed E-state index contributed by atoms with van der Waals surface area (Å²) >= 11 is 0. The van der Waals surface area contributed by atoms with Crippen LogP contribution in [0, 0.1) is 13.8 Å². The summed E-state index contributed by atoms with van der Waals surface area (Å²) in [6.45, 7) is 7.42. The predicted molar refractivity (Wildman–Crippen MR) is 48.9 cm³/mol. The Hall–Kier alpha value is -1.15. The lowest BCUT2D eigenvalue weighted by Crippen LogP contribution is -2.00. The average Bonchev–Trinajstić information content (AvgIpc) is 2.03. The van der Waals surface area contributed by atoms with Gasteiger partial charge in [-0.3, -0.25) is 4.98 Å². The molecule has 12 heavy (non-hydrogen) atoms. The summed E-state index contributed by atoms with van der Waals surface area (Å²) in [5.41, 5.74) is 2.80. The van der Waals surface area contributed by atoms with Crippen LogP contribution in [0.3, 0.4) is 0 Å². The van der Waals surface area contributed by atoms with Crippen molar-refractivity contribution in [1.82, 2.24) is 4.98 Å². The highest BCUT2D eigenvalue weighted by Crippen LogP contribution is 2.15. The fraction of sp³-hybridized carbons (Fsp3) is 0.300. The van der Waals surface area contributed by atoms with E-state index in [0.29, 0.717) is 5.69 Å². The summed E-state index contributed by atoms with van der Waals surface area (Å²) in [6, 6.07) is 2.00. The van der Waals surface area contributed by atoms with Gasteiger partial charge < -0.3 is 5.11 Å². The van der Waals surface area contributed by atoms with Crippen LogP contribution in [0.5, 0.6) is 0 Å². The van der Waals surface area contributed by atoms with Gasteiger partial charge in [-0.05, 0) is 25.0 Å². The van der Waals surface area contributed by atoms with Crippen LogP contribution in [-0.2, 0) is 0 Å². The lowest BCUT2D eigenvalue weighted by molar-refractivity contribution is 0.223. The number of aliphatic hydroxyl groups is 1. The van der Waals surface area contributed by atoms with Crippen molar-refractivity contribution in [2.24, 2.45) is 0 Å². The second-order valence-corrected chi connectivity index (χ2v) is 2.90. The van der Waals surface area contributed by atoms with Gasteiger partial charge in [0.05, 0.1) is 5.69 Å². The molecule has 0 amide bonds. The number of pyridine rings is 1. The van der Waals surface area contributed by atoms with Crippen molar-refractivity contribution in [3.05, 3.63) is 41.7 Å². The first-order valence-corrected chi connectivity index (χ1v) is 3.89. The van der Waals surface area contributed by atoms with Gasteiger partial charge in [-0.1, -0.05) is 12.1 Å². The zero-order valence-corrected chi connectivity index (χ0v) is 7.41. The lowest BCUT2D eigenvalue weighted by Gasteiger charge is -2.08. The summed E-state index contributed by atoms with van der Waals surface area (Å²) in [5.74, 6) is 0. The smallest absolute Gasteiger partial charge is 0.114 e. The second-order valence-electron chi connectivity index (χ2n) is 2.90. The van der Waals surface area contributed by atoms with Crippen LogP contribution in [0.4, 0.5) is 0 Å². The molecule has 0 fully saturated rings. The summed E-state index contributed by atoms with van der Waals surface area (Å²) in [7, 11) is 0. The van der Waals surface area contributed by atoms with E-state index >= 15 is 0 Å². The van der Waals surface area contributed by atoms with E-state index in [4.69, 9.17) is 0 Å². The first-order valence-electron chi connectivity index (χ1n) is 3.89. The summed E-state index contributed by atoms with van der Waals surface area (Å²) in [4.78, 5) is 4.13. The molecular weight excluding hydrogens is 150 g/mol. The number of nitrogens with zero attached hydrogens (tertiary/aromatic N) is 1. The minimum atomic E-state index is -0.648. The van der Waals surface area contributed by atoms with Gasteiger partial charge in [0.25, 0.3) is 0 Å². The van der Waals surface area contributed by atoms with E-state index in [1.54, 1.807) is 6.20 Å². The van der Waals surface area contributed by atoms with E-state index in [2.05, 4.69) is 11.6 Å². The molecule has 0 aliphatic carbocycles. The Morgan fingerprint density at radius 1 is 1.58 bits per heavy atom. The first-order chi connectivity index (χ1) is 5.65. The van der Waals surface area contributed by atoms with Crippen LogP contribution in [0.2, 0.25) is 0 Å². The molecule has 1 heterocycles. The van der Waals surface area contributed by atoms with Gasteiger partial charge in [0.15, 0.2) is 0 Å². The molecule has 64 valence electrons. The Bertz CT molecular complexity index is 294. The minimum Gasteiger partial charge on any atom is -0.383 e. The monoisotopic (exact) mass is 163 g/mol. The maximum absolute atomic E-state index is 9.42. The standard InChI is InChI=1S/C10H13NO/c1-4-9(12)10-8(3)5-7(2)6-11-10/h4-6,9,12H,1H2,2-3H3. The van der Waals surface area contributed by atoms with E-state index in [9.17, 15) is 5.11 Å². The van der Waals surface area contributed by atoms with Crippen LogP contribution in [0.1, 0.15) is 22.9 Å². The van der Waals surface area contributed by atoms with Crippen LogP contribution < -0.4 is 0 Å². The van der Waals surface area contributed by atoms with Gasteiger partial charge >= 0.3 is 0 Å². The molecule has 1 N–H and O–H groups in total. The zero-order chi connectivity index (χ0) is 9.14. The Labute approximate surface area is 72.6 Å². The van der Waals surface area contributed by atoms with E-state index in [1.807, 2.05) is 19.9 Å². The highest BCUT2D eigenvalue weighted by molar-refractivity contribution is 5.26. The predicted octanol–water partition coefficient (Wildman–Crippen LogP) is 1.92. The van der Waals surface area contributed by atoms with Crippen molar-refractivity contribution in [3.63, 3.8) is 0 Å². The molecule has 1 aromatic heterocycles. The van der Waals surface area contributed by atoms with E-state index in [0.717, 1.165) is 11.1 Å². The number of aryl methyl sites for hydroxylation is 2. The van der Waals surface area contributed by atoms with Crippen molar-refractivity contribution in [3.8, 4) is 0 Å². The van der Waals surface area contributed by atoms with Crippen molar-refractivity contribution in [2.75, 3.05) is 0 Å². The fourth-order valence-electron chi connectivity index (χ4n) is 1.15. The molecule has 2 nitrogen and oxygen atoms in total. The molecule has 0 saturated heterocycles. The third-order valence-corrected chi connectivity index (χ3v) is 1.76. The van der Waals surface area contributed by atoms with Crippen LogP contribution in [0.25, 0.3) is 0 Å². The summed E-state index contributed by atoms with van der Waals surface area (Å²) in [5, 5.41) is 9.42. The molecular formula is C10H13NO. The molecule has 1 rings (SSSR count). The van der Waals surface area contributed by atoms with E-state index in [1.165, 1.54) is 6.08 Å². The number of hydrogen-bond donors (Lipinski definition) is 1. The molecule has 0 bridgehead atoms. The maximum atomic E-state index is 9.42. The summed E-state index contributed by atoms with van der Waals surface area (Å²) < 4.78 is 0. The van der Waals surface area contributed by atoms with Crippen molar-refractivity contribution in [1.29, 1.82) is 0 Å². The maximum Gasteiger partial charge on any atom is 0.114 e. The molecule has 0 aromatic carbocycles. The van der Waals surface area contributed by atoms with E-state index in [-0.39, 0.29) is 0 Å². The molecule has 0 spiro atoms. The van der Waals surface area contributed by atoms with Gasteiger partial charge in [0.1, 0.15) is 6.10 Å². The zero-order valence-electron chi connectivity index (χ0n) is 7.41. The largest absolute Gasteiger partial charge is 0.383 e. The van der Waals surface area contributed by atoms with Gasteiger partial charge in [-0.15, -0.1) is 6.58 Å². The minimum absolute atomic E-state index is 0.648. The van der Waals surface area contributed by atoms with Crippen molar-refractivity contribution >= 4 is 0 Å².